The molecule has 4 unspecified atom stereocenters. The van der Waals surface area contributed by atoms with Crippen molar-refractivity contribution in [2.24, 2.45) is 5.41 Å². The van der Waals surface area contributed by atoms with Gasteiger partial charge in [0, 0.05) is 37.6 Å². The van der Waals surface area contributed by atoms with E-state index in [9.17, 15) is 57.9 Å². The second-order valence-corrected chi connectivity index (χ2v) is 16.9. The minimum atomic E-state index is -5.56. The van der Waals surface area contributed by atoms with Gasteiger partial charge in [0.05, 0.1) is 19.5 Å². The summed E-state index contributed by atoms with van der Waals surface area (Å²) in [4.78, 5) is 85.9. The maximum atomic E-state index is 12.6. The van der Waals surface area contributed by atoms with E-state index >= 15 is 0 Å². The number of nitrogens with one attached hydrogen (secondary N) is 2. The van der Waals surface area contributed by atoms with Crippen LogP contribution in [0.25, 0.3) is 11.2 Å². The number of thioether (sulfide) groups is 1. The Labute approximate surface area is 293 Å². The second-order valence-electron chi connectivity index (χ2n) is 11.4. The average molecular weight is 810 g/mol. The highest BCUT2D eigenvalue weighted by atomic mass is 32.2. The molecule has 1 saturated heterocycles. The lowest BCUT2D eigenvalue weighted by Crippen LogP contribution is -2.46. The Morgan fingerprint density at radius 2 is 1.75 bits per heavy atom. The van der Waals surface area contributed by atoms with E-state index in [2.05, 4.69) is 34.4 Å². The first-order chi connectivity index (χ1) is 23.5. The van der Waals surface area contributed by atoms with E-state index in [0.717, 1.165) is 29.0 Å². The third-order valence-corrected chi connectivity index (χ3v) is 10.7. The Morgan fingerprint density at radius 1 is 1.08 bits per heavy atom. The molecule has 10 N–H and O–H groups in total. The number of nitrogen functional groups attached to an aromatic ring is 1. The zero-order chi connectivity index (χ0) is 38.4. The van der Waals surface area contributed by atoms with E-state index in [-0.39, 0.29) is 41.6 Å². The molecule has 0 bridgehead atoms. The Hall–Kier alpha value is -2.44. The lowest BCUT2D eigenvalue weighted by Gasteiger charge is -2.30. The molecule has 51 heavy (non-hydrogen) atoms. The summed E-state index contributed by atoms with van der Waals surface area (Å²) in [5.41, 5.74) is 4.26. The fraction of sp³-hybridized carbons (Fsp3) is 0.652. The van der Waals surface area contributed by atoms with Gasteiger partial charge in [-0.2, -0.15) is 4.31 Å². The van der Waals surface area contributed by atoms with Crippen molar-refractivity contribution in [2.45, 2.75) is 57.8 Å². The van der Waals surface area contributed by atoms with Gasteiger partial charge in [0.2, 0.25) is 11.8 Å². The first-order valence-electron chi connectivity index (χ1n) is 14.5. The first-order valence-corrected chi connectivity index (χ1v) is 20.0. The van der Waals surface area contributed by atoms with Gasteiger partial charge in [-0.25, -0.2) is 28.6 Å². The van der Waals surface area contributed by atoms with Crippen LogP contribution in [0.2, 0.25) is 0 Å². The molecule has 2 amide bonds. The number of nitrogens with zero attached hydrogens (tertiary/aromatic N) is 4. The standard InChI is InChI=1S/C23H38N7O17P3S/c1-12(31)51-7-6-25-14(32)4-5-26-21(35)18(34)23(2,3)9-44-50(41,42)47-49(39,40)43-8-13-17(46-48(36,37)38)16(33)22(45-13)30-11-29-15-19(24)27-10-28-20(15)30/h10-11,13,16-18,22,33-34H,4-9H2,1-3H3,(H,25,32)(H,26,35)(H,39,40)(H,41,42)(H2,24,27,28)(H2,36,37,38)/t13-,16?,17+,18?,22-/m1/s1. The number of nitrogens with two attached hydrogens (primary N) is 1. The number of amides is 2. The van der Waals surface area contributed by atoms with Gasteiger partial charge in [-0.3, -0.25) is 32.5 Å². The van der Waals surface area contributed by atoms with E-state index in [4.69, 9.17) is 19.5 Å². The summed E-state index contributed by atoms with van der Waals surface area (Å²) in [5.74, 6) is -1.08. The van der Waals surface area contributed by atoms with Crippen molar-refractivity contribution in [3.05, 3.63) is 12.7 Å². The lowest BCUT2D eigenvalue weighted by atomic mass is 9.87. The van der Waals surface area contributed by atoms with Crippen LogP contribution in [0.4, 0.5) is 5.82 Å². The van der Waals surface area contributed by atoms with E-state index in [0.29, 0.717) is 5.75 Å². The number of rotatable bonds is 19. The number of carbonyl (C=O) groups is 3. The summed E-state index contributed by atoms with van der Waals surface area (Å²) < 4.78 is 61.8. The van der Waals surface area contributed by atoms with Gasteiger partial charge in [-0.05, 0) is 0 Å². The highest BCUT2D eigenvalue weighted by molar-refractivity contribution is 8.13. The van der Waals surface area contributed by atoms with Crippen LogP contribution in [-0.4, -0.2) is 123 Å². The number of aromatic nitrogens is 4. The highest BCUT2D eigenvalue weighted by Crippen LogP contribution is 2.61. The molecule has 0 aromatic carbocycles. The monoisotopic (exact) mass is 809 g/mol. The number of fused-ring (bicyclic) bond motifs is 1. The van der Waals surface area contributed by atoms with Gasteiger partial charge in [-0.15, -0.1) is 0 Å². The maximum absolute atomic E-state index is 12.6. The Kier molecular flexibility index (Phi) is 14.8. The minimum Gasteiger partial charge on any atom is -0.386 e. The average Bonchev–Trinajstić information content (AvgIpc) is 3.57. The van der Waals surface area contributed by atoms with Crippen LogP contribution in [0.15, 0.2) is 12.7 Å². The third kappa shape index (κ3) is 12.9. The predicted molar refractivity (Wildman–Crippen MR) is 173 cm³/mol. The van der Waals surface area contributed by atoms with Crippen LogP contribution < -0.4 is 16.4 Å². The summed E-state index contributed by atoms with van der Waals surface area (Å²) in [6.07, 6.45) is -6.88. The number of carbonyl (C=O) groups excluding carboxylic acids is 3. The van der Waals surface area contributed by atoms with E-state index in [1.54, 1.807) is 0 Å². The molecule has 0 radical (unpaired) electrons. The largest absolute Gasteiger partial charge is 0.481 e. The Balaban J connectivity index is 1.55. The Bertz CT molecular complexity index is 1710. The number of aliphatic hydroxyl groups excluding tert-OH is 2. The number of phosphoric ester groups is 3. The van der Waals surface area contributed by atoms with Crippen molar-refractivity contribution in [1.29, 1.82) is 0 Å². The van der Waals surface area contributed by atoms with Gasteiger partial charge in [-0.1, -0.05) is 25.6 Å². The third-order valence-electron chi connectivity index (χ3n) is 6.81. The molecule has 0 aliphatic carbocycles. The van der Waals surface area contributed by atoms with Crippen molar-refractivity contribution in [1.82, 2.24) is 30.2 Å². The topological polar surface area (TPSA) is 364 Å². The van der Waals surface area contributed by atoms with Crippen LogP contribution in [0.1, 0.15) is 33.4 Å². The van der Waals surface area contributed by atoms with Gasteiger partial charge in [0.25, 0.3) is 0 Å². The van der Waals surface area contributed by atoms with Crippen LogP contribution in [0.5, 0.6) is 0 Å². The molecule has 1 aliphatic rings. The number of anilines is 1. The molecule has 1 fully saturated rings. The number of ether oxygens (including phenoxy) is 1. The summed E-state index contributed by atoms with van der Waals surface area (Å²) in [6, 6.07) is 0. The molecule has 1 aliphatic heterocycles. The summed E-state index contributed by atoms with van der Waals surface area (Å²) in [6.45, 7) is 1.90. The molecular weight excluding hydrogens is 771 g/mol. The molecule has 24 nitrogen and oxygen atoms in total. The van der Waals surface area contributed by atoms with Gasteiger partial charge >= 0.3 is 23.5 Å². The number of hydrogen-bond acceptors (Lipinski definition) is 18. The molecule has 0 saturated carbocycles. The molecule has 0 spiro atoms. The molecule has 3 heterocycles. The van der Waals surface area contributed by atoms with Crippen molar-refractivity contribution in [3.8, 4) is 0 Å². The van der Waals surface area contributed by atoms with Crippen LogP contribution in [-0.2, 0) is 50.7 Å². The fourth-order valence-corrected chi connectivity index (χ4v) is 7.65. The summed E-state index contributed by atoms with van der Waals surface area (Å²) in [7, 11) is -16.4. The molecule has 288 valence electrons. The molecular formula is C23H38N7O17P3S. The van der Waals surface area contributed by atoms with Crippen molar-refractivity contribution >= 4 is 69.1 Å². The zero-order valence-electron chi connectivity index (χ0n) is 27.1. The number of hydrogen-bond donors (Lipinski definition) is 9. The molecule has 2 aromatic heterocycles. The zero-order valence-corrected chi connectivity index (χ0v) is 30.6. The fourth-order valence-electron chi connectivity index (χ4n) is 4.32. The van der Waals surface area contributed by atoms with Gasteiger partial charge in [0.1, 0.15) is 36.3 Å². The van der Waals surface area contributed by atoms with Gasteiger partial charge < -0.3 is 50.9 Å². The summed E-state index contributed by atoms with van der Waals surface area (Å²) in [5, 5.41) is 26.1. The smallest absolute Gasteiger partial charge is 0.386 e. The van der Waals surface area contributed by atoms with E-state index < -0.39 is 84.6 Å². The minimum absolute atomic E-state index is 0.0310. The quantitative estimate of drug-likeness (QED) is 0.0587. The van der Waals surface area contributed by atoms with E-state index in [1.165, 1.54) is 20.8 Å². The lowest BCUT2D eigenvalue weighted by molar-refractivity contribution is -0.137. The maximum Gasteiger partial charge on any atom is 0.481 e. The normalized spacial score (nSPS) is 22.6. The van der Waals surface area contributed by atoms with Crippen molar-refractivity contribution < 1.29 is 80.5 Å². The Morgan fingerprint density at radius 3 is 2.39 bits per heavy atom. The van der Waals surface area contributed by atoms with Crippen molar-refractivity contribution in [2.75, 3.05) is 37.8 Å². The number of imidazole rings is 1. The first kappa shape index (κ1) is 43.0. The molecule has 2 aromatic rings. The number of phosphoric acid groups is 3. The van der Waals surface area contributed by atoms with Crippen LogP contribution in [0.3, 0.4) is 0 Å². The second kappa shape index (κ2) is 17.6. The van der Waals surface area contributed by atoms with Crippen LogP contribution in [0, 0.1) is 5.41 Å². The molecule has 28 heteroatoms. The summed E-state index contributed by atoms with van der Waals surface area (Å²) >= 11 is 1.03. The molecule has 7 atom stereocenters. The highest BCUT2D eigenvalue weighted by Gasteiger charge is 2.50. The molecule has 3 rings (SSSR count). The SMILES string of the molecule is CC(=O)SCCNC(=O)CCNC(=O)C(O)C(C)(C)COP(=O)(O)OP(=O)(O)OC[C@H]1O[C@@H](n2cnc3c(N)ncnc32)C(O)[C@H]1OP(=O)(O)O. The number of aliphatic hydroxyl groups is 2. The van der Waals surface area contributed by atoms with E-state index in [1.807, 2.05) is 0 Å². The van der Waals surface area contributed by atoms with Crippen LogP contribution >= 0.6 is 35.2 Å². The van der Waals surface area contributed by atoms with Crippen molar-refractivity contribution in [3.63, 3.8) is 0 Å². The van der Waals surface area contributed by atoms with Gasteiger partial charge in [0.15, 0.2) is 22.8 Å². The predicted octanol–water partition coefficient (Wildman–Crippen LogP) is -1.32.